The van der Waals surface area contributed by atoms with Crippen LogP contribution in [0.25, 0.3) is 16.9 Å². The molecule has 0 aliphatic heterocycles. The molecule has 0 saturated heterocycles. The summed E-state index contributed by atoms with van der Waals surface area (Å²) >= 11 is 0. The molecule has 0 bridgehead atoms. The summed E-state index contributed by atoms with van der Waals surface area (Å²) in [5.74, 6) is -6.05. The minimum Gasteiger partial charge on any atom is -0.508 e. The van der Waals surface area contributed by atoms with Gasteiger partial charge in [-0.2, -0.15) is 0 Å². The molecule has 0 spiro atoms. The Morgan fingerprint density at radius 3 is 2.21 bits per heavy atom. The summed E-state index contributed by atoms with van der Waals surface area (Å²) in [5.41, 5.74) is -4.31. The number of fused-ring (bicyclic) bond motifs is 3. The number of rotatable bonds is 3. The van der Waals surface area contributed by atoms with Gasteiger partial charge in [0.15, 0.2) is 17.2 Å². The summed E-state index contributed by atoms with van der Waals surface area (Å²) < 4.78 is 13.7. The number of Topliss-reactive ketones (excluding diaryl/α,β-unsaturated/α-hetero) is 3. The van der Waals surface area contributed by atoms with Gasteiger partial charge in [-0.3, -0.25) is 14.4 Å². The number of phenols is 1. The first-order valence-electron chi connectivity index (χ1n) is 12.9. The first-order valence-corrected chi connectivity index (χ1v) is 12.9. The van der Waals surface area contributed by atoms with Crippen LogP contribution in [-0.4, -0.2) is 43.4 Å². The molecule has 1 unspecified atom stereocenters. The van der Waals surface area contributed by atoms with E-state index in [-0.39, 0.29) is 29.7 Å². The number of hydrogen-bond donors (Lipinski definition) is 4. The Balaban J connectivity index is 1.82. The molecule has 2 aromatic rings. The Morgan fingerprint density at radius 1 is 1.03 bits per heavy atom. The zero-order valence-electron chi connectivity index (χ0n) is 22.4. The van der Waals surface area contributed by atoms with Crippen LogP contribution in [0.4, 0.5) is 4.39 Å². The minimum absolute atomic E-state index is 0.00339. The van der Waals surface area contributed by atoms with Gasteiger partial charge < -0.3 is 20.4 Å². The first-order chi connectivity index (χ1) is 18.1. The highest BCUT2D eigenvalue weighted by Crippen LogP contribution is 2.65. The third-order valence-electron chi connectivity index (χ3n) is 9.04. The molecule has 0 aromatic heterocycles. The summed E-state index contributed by atoms with van der Waals surface area (Å²) in [6.07, 6.45) is 0.146. The van der Waals surface area contributed by atoms with Gasteiger partial charge in [-0.15, -0.1) is 0 Å². The van der Waals surface area contributed by atoms with Crippen LogP contribution in [0.3, 0.4) is 0 Å². The van der Waals surface area contributed by atoms with E-state index in [4.69, 9.17) is 0 Å². The molecule has 4 N–H and O–H groups in total. The van der Waals surface area contributed by atoms with Crippen LogP contribution < -0.4 is 0 Å². The van der Waals surface area contributed by atoms with Crippen molar-refractivity contribution in [2.24, 2.45) is 22.7 Å². The van der Waals surface area contributed by atoms with Gasteiger partial charge in [0, 0.05) is 22.3 Å². The van der Waals surface area contributed by atoms with Crippen molar-refractivity contribution in [3.63, 3.8) is 0 Å². The van der Waals surface area contributed by atoms with Crippen molar-refractivity contribution in [3.8, 4) is 16.9 Å². The number of aliphatic hydroxyl groups excluding tert-OH is 2. The van der Waals surface area contributed by atoms with Crippen LogP contribution in [0.5, 0.6) is 5.75 Å². The van der Waals surface area contributed by atoms with E-state index in [0.717, 1.165) is 6.92 Å². The van der Waals surface area contributed by atoms with Gasteiger partial charge in [0.1, 0.15) is 28.7 Å². The molecule has 204 valence electrons. The fraction of sp³-hybridized carbons (Fsp3) is 0.387. The van der Waals surface area contributed by atoms with E-state index >= 15 is 0 Å². The molecular weight excluding hydrogens is 503 g/mol. The molecule has 0 amide bonds. The molecule has 1 saturated carbocycles. The van der Waals surface area contributed by atoms with Crippen LogP contribution in [-0.2, 0) is 20.8 Å². The zero-order chi connectivity index (χ0) is 28.8. The molecule has 8 heteroatoms. The molecule has 0 radical (unpaired) electrons. The Kier molecular flexibility index (Phi) is 5.75. The van der Waals surface area contributed by atoms with Crippen molar-refractivity contribution in [1.29, 1.82) is 0 Å². The minimum atomic E-state index is -2.65. The summed E-state index contributed by atoms with van der Waals surface area (Å²) in [7, 11) is 0. The fourth-order valence-electron chi connectivity index (χ4n) is 7.62. The molecule has 0 heterocycles. The monoisotopic (exact) mass is 534 g/mol. The van der Waals surface area contributed by atoms with E-state index in [2.05, 4.69) is 0 Å². The quantitative estimate of drug-likeness (QED) is 0.408. The highest BCUT2D eigenvalue weighted by Gasteiger charge is 2.72. The zero-order valence-corrected chi connectivity index (χ0v) is 22.4. The first kappa shape index (κ1) is 26.8. The molecule has 2 aromatic carbocycles. The number of benzene rings is 2. The molecule has 3 aliphatic rings. The summed E-state index contributed by atoms with van der Waals surface area (Å²) in [6.45, 7) is 7.91. The highest BCUT2D eigenvalue weighted by atomic mass is 19.1. The third-order valence-corrected chi connectivity index (χ3v) is 9.04. The van der Waals surface area contributed by atoms with E-state index in [1.165, 1.54) is 18.2 Å². The summed E-state index contributed by atoms with van der Waals surface area (Å²) in [5, 5.41) is 45.6. The number of halogens is 1. The van der Waals surface area contributed by atoms with Crippen molar-refractivity contribution in [2.45, 2.75) is 53.1 Å². The van der Waals surface area contributed by atoms with Crippen LogP contribution in [0.15, 0.2) is 53.3 Å². The second kappa shape index (κ2) is 8.36. The van der Waals surface area contributed by atoms with Crippen molar-refractivity contribution < 1.29 is 39.2 Å². The van der Waals surface area contributed by atoms with Crippen molar-refractivity contribution >= 4 is 23.1 Å². The van der Waals surface area contributed by atoms with Gasteiger partial charge >= 0.3 is 0 Å². The lowest BCUT2D eigenvalue weighted by Crippen LogP contribution is -2.69. The number of aliphatic hydroxyl groups is 3. The van der Waals surface area contributed by atoms with Gasteiger partial charge in [-0.25, -0.2) is 4.39 Å². The number of hydrogen-bond acceptors (Lipinski definition) is 7. The Bertz CT molecular complexity index is 1530. The third kappa shape index (κ3) is 3.33. The van der Waals surface area contributed by atoms with Crippen LogP contribution >= 0.6 is 0 Å². The maximum absolute atomic E-state index is 14.3. The van der Waals surface area contributed by atoms with Crippen LogP contribution in [0, 0.1) is 28.5 Å². The van der Waals surface area contributed by atoms with E-state index in [0.29, 0.717) is 16.7 Å². The van der Waals surface area contributed by atoms with Gasteiger partial charge in [-0.1, -0.05) is 45.9 Å². The van der Waals surface area contributed by atoms with Crippen LogP contribution in [0.2, 0.25) is 0 Å². The number of aromatic hydroxyl groups is 1. The summed E-state index contributed by atoms with van der Waals surface area (Å²) in [4.78, 5) is 40.3. The lowest BCUT2D eigenvalue weighted by Gasteiger charge is -2.59. The van der Waals surface area contributed by atoms with Gasteiger partial charge in [0.25, 0.3) is 0 Å². The SMILES string of the molecule is CC(=O)C1=C(O)[C@]2(O)C(=O)C3=C(O)c4c(O)ccc(-c5ccc(F)cc5)c4C[C@]3(C)C[C@]2(C)C(C(C)C)C1=O. The van der Waals surface area contributed by atoms with E-state index in [1.54, 1.807) is 45.9 Å². The predicted molar refractivity (Wildman–Crippen MR) is 141 cm³/mol. The number of allylic oxidation sites excluding steroid dienone is 1. The lowest BCUT2D eigenvalue weighted by molar-refractivity contribution is -0.178. The van der Waals surface area contributed by atoms with E-state index in [1.807, 2.05) is 0 Å². The molecule has 1 fully saturated rings. The molecule has 4 atom stereocenters. The molecule has 3 aliphatic carbocycles. The molecule has 7 nitrogen and oxygen atoms in total. The predicted octanol–water partition coefficient (Wildman–Crippen LogP) is 5.00. The number of carbonyl (C=O) groups is 3. The second-order valence-corrected chi connectivity index (χ2v) is 12.0. The highest BCUT2D eigenvalue weighted by molar-refractivity contribution is 6.24. The molecule has 5 rings (SSSR count). The van der Waals surface area contributed by atoms with E-state index in [9.17, 15) is 39.2 Å². The average Bonchev–Trinajstić information content (AvgIpc) is 2.82. The summed E-state index contributed by atoms with van der Waals surface area (Å²) in [6, 6.07) is 8.77. The Labute approximate surface area is 225 Å². The van der Waals surface area contributed by atoms with Gasteiger partial charge in [-0.05, 0) is 60.6 Å². The van der Waals surface area contributed by atoms with Gasteiger partial charge in [0.2, 0.25) is 5.78 Å². The number of carbonyl (C=O) groups excluding carboxylic acids is 3. The smallest absolute Gasteiger partial charge is 0.203 e. The number of phenolic OH excluding ortho intramolecular Hbond substituents is 1. The maximum Gasteiger partial charge on any atom is 0.203 e. The van der Waals surface area contributed by atoms with Crippen molar-refractivity contribution in [2.75, 3.05) is 0 Å². The van der Waals surface area contributed by atoms with E-state index < -0.39 is 68.5 Å². The number of ketones is 3. The van der Waals surface area contributed by atoms with Crippen molar-refractivity contribution in [1.82, 2.24) is 0 Å². The average molecular weight is 535 g/mol. The van der Waals surface area contributed by atoms with Crippen LogP contribution in [0.1, 0.15) is 52.2 Å². The normalized spacial score (nSPS) is 30.3. The maximum atomic E-state index is 14.3. The topological polar surface area (TPSA) is 132 Å². The standard InChI is InChI=1S/C31H31FO7/c1-14(2)23-25(35)21(15(3)33)27(37)31(39)28(38)24-26(36)22-19(12-29(24,4)13-30(23,31)5)18(10-11-20(22)34)16-6-8-17(32)9-7-16/h6-11,14,23,34,36-37,39H,12-13H2,1-5H3/t23?,29-,30-,31+/m1/s1. The molecular formula is C31H31FO7. The lowest BCUT2D eigenvalue weighted by atomic mass is 9.43. The Hall–Kier alpha value is -3.78. The second-order valence-electron chi connectivity index (χ2n) is 12.0. The van der Waals surface area contributed by atoms with Gasteiger partial charge in [0.05, 0.1) is 5.56 Å². The van der Waals surface area contributed by atoms with Crippen molar-refractivity contribution in [3.05, 3.63) is 70.2 Å². The fourth-order valence-corrected chi connectivity index (χ4v) is 7.62. The molecule has 39 heavy (non-hydrogen) atoms. The largest absolute Gasteiger partial charge is 0.508 e. The Morgan fingerprint density at radius 2 is 1.64 bits per heavy atom.